The van der Waals surface area contributed by atoms with Gasteiger partial charge in [0.05, 0.1) is 6.61 Å². The second-order valence-corrected chi connectivity index (χ2v) is 7.85. The first-order valence-corrected chi connectivity index (χ1v) is 10.9. The summed E-state index contributed by atoms with van der Waals surface area (Å²) in [5.41, 5.74) is 9.58. The second kappa shape index (κ2) is 11.0. The van der Waals surface area contributed by atoms with Crippen molar-refractivity contribution in [2.45, 2.75) is 70.8 Å². The van der Waals surface area contributed by atoms with Crippen molar-refractivity contribution in [3.8, 4) is 5.75 Å². The first-order chi connectivity index (χ1) is 14.2. The van der Waals surface area contributed by atoms with Crippen LogP contribution in [0.1, 0.15) is 62.1 Å². The van der Waals surface area contributed by atoms with E-state index in [1.807, 2.05) is 6.20 Å². The van der Waals surface area contributed by atoms with Crippen LogP contribution in [0.4, 0.5) is 11.8 Å². The number of nitrogens with zero attached hydrogens (tertiary/aromatic N) is 2. The molecule has 29 heavy (non-hydrogen) atoms. The molecule has 6 nitrogen and oxygen atoms in total. The molecular weight excluding hydrogens is 364 g/mol. The van der Waals surface area contributed by atoms with Gasteiger partial charge in [0.1, 0.15) is 11.6 Å². The molecule has 158 valence electrons. The fraction of sp³-hybridized carbons (Fsp3) is 0.565. The topological polar surface area (TPSA) is 93.3 Å². The van der Waals surface area contributed by atoms with Crippen molar-refractivity contribution in [2.75, 3.05) is 24.3 Å². The molecule has 4 N–H and O–H groups in total. The fourth-order valence-corrected chi connectivity index (χ4v) is 3.83. The smallest absolute Gasteiger partial charge is 0.221 e. The third-order valence-corrected chi connectivity index (χ3v) is 5.53. The number of fused-ring (bicyclic) bond motifs is 1. The van der Waals surface area contributed by atoms with E-state index in [1.54, 1.807) is 0 Å². The van der Waals surface area contributed by atoms with Crippen LogP contribution in [0.2, 0.25) is 0 Å². The van der Waals surface area contributed by atoms with Gasteiger partial charge >= 0.3 is 0 Å². The molecular formula is C23H34N4O2. The van der Waals surface area contributed by atoms with E-state index in [1.165, 1.54) is 11.1 Å². The maximum Gasteiger partial charge on any atom is 0.221 e. The molecule has 0 unspecified atom stereocenters. The molecule has 1 aliphatic heterocycles. The molecule has 0 radical (unpaired) electrons. The number of nitrogens with two attached hydrogens (primary N) is 1. The number of benzene rings is 1. The Kier molecular flexibility index (Phi) is 8.11. The molecule has 2 aromatic rings. The molecule has 6 heteroatoms. The largest absolute Gasteiger partial charge is 0.493 e. The van der Waals surface area contributed by atoms with Gasteiger partial charge in [-0.3, -0.25) is 0 Å². The van der Waals surface area contributed by atoms with Crippen molar-refractivity contribution >= 4 is 11.8 Å². The van der Waals surface area contributed by atoms with Gasteiger partial charge in [-0.05, 0) is 55.7 Å². The molecule has 0 aliphatic carbocycles. The summed E-state index contributed by atoms with van der Waals surface area (Å²) in [6.07, 6.45) is 10.9. The van der Waals surface area contributed by atoms with Crippen molar-refractivity contribution in [1.82, 2.24) is 9.97 Å². The summed E-state index contributed by atoms with van der Waals surface area (Å²) in [5, 5.41) is 12.9. The van der Waals surface area contributed by atoms with Gasteiger partial charge < -0.3 is 20.9 Å². The summed E-state index contributed by atoms with van der Waals surface area (Å²) >= 11 is 0. The Morgan fingerprint density at radius 1 is 1.21 bits per heavy atom. The van der Waals surface area contributed by atoms with E-state index in [2.05, 4.69) is 40.4 Å². The van der Waals surface area contributed by atoms with Crippen molar-refractivity contribution in [2.24, 2.45) is 0 Å². The Morgan fingerprint density at radius 2 is 2.07 bits per heavy atom. The summed E-state index contributed by atoms with van der Waals surface area (Å²) < 4.78 is 5.67. The number of aryl methyl sites for hydroxylation is 2. The first-order valence-electron chi connectivity index (χ1n) is 10.9. The molecule has 0 fully saturated rings. The highest BCUT2D eigenvalue weighted by Gasteiger charge is 2.14. The van der Waals surface area contributed by atoms with Gasteiger partial charge in [0, 0.05) is 30.8 Å². The van der Waals surface area contributed by atoms with Crippen LogP contribution in [0.3, 0.4) is 0 Å². The van der Waals surface area contributed by atoms with Gasteiger partial charge in [-0.1, -0.05) is 31.9 Å². The molecule has 0 spiro atoms. The van der Waals surface area contributed by atoms with Gasteiger partial charge in [-0.25, -0.2) is 4.98 Å². The lowest BCUT2D eigenvalue weighted by molar-refractivity contribution is 0.276. The standard InChI is InChI=1S/C23H34N4O2/c1-2-3-8-20(11-13-28)26-22-19(16-25-23(24)27-22)7-5-4-6-17-9-10-18-12-14-29-21(18)15-17/h9-10,15-16,20,28H,2-8,11-14H2,1H3,(H3,24,25,26,27)/t20-/m0/s1. The van der Waals surface area contributed by atoms with E-state index in [-0.39, 0.29) is 18.6 Å². The number of unbranched alkanes of at least 4 members (excludes halogenated alkanes) is 2. The van der Waals surface area contributed by atoms with Gasteiger partial charge in [0.2, 0.25) is 5.95 Å². The molecule has 0 saturated heterocycles. The number of aliphatic hydroxyl groups is 1. The molecule has 1 aliphatic rings. The van der Waals surface area contributed by atoms with E-state index in [4.69, 9.17) is 10.5 Å². The van der Waals surface area contributed by atoms with Crippen LogP contribution >= 0.6 is 0 Å². The average molecular weight is 399 g/mol. The van der Waals surface area contributed by atoms with Crippen LogP contribution in [0.25, 0.3) is 0 Å². The lowest BCUT2D eigenvalue weighted by atomic mass is 10.0. The minimum absolute atomic E-state index is 0.168. The van der Waals surface area contributed by atoms with E-state index < -0.39 is 0 Å². The average Bonchev–Trinajstić information content (AvgIpc) is 3.19. The van der Waals surface area contributed by atoms with E-state index in [9.17, 15) is 5.11 Å². The van der Waals surface area contributed by atoms with Crippen molar-refractivity contribution in [3.63, 3.8) is 0 Å². The molecule has 2 heterocycles. The van der Waals surface area contributed by atoms with Crippen LogP contribution in [-0.4, -0.2) is 34.3 Å². The Morgan fingerprint density at radius 3 is 2.90 bits per heavy atom. The SMILES string of the molecule is CCCC[C@@H](CCO)Nc1nc(N)ncc1CCCCc1ccc2c(c1)OCC2. The summed E-state index contributed by atoms with van der Waals surface area (Å²) in [6.45, 7) is 3.15. The first kappa shape index (κ1) is 21.4. The highest BCUT2D eigenvalue weighted by Crippen LogP contribution is 2.27. The van der Waals surface area contributed by atoms with Gasteiger partial charge in [-0.15, -0.1) is 0 Å². The molecule has 0 saturated carbocycles. The third-order valence-electron chi connectivity index (χ3n) is 5.53. The number of hydrogen-bond donors (Lipinski definition) is 3. The van der Waals surface area contributed by atoms with E-state index in [0.717, 1.165) is 75.1 Å². The summed E-state index contributed by atoms with van der Waals surface area (Å²) in [6, 6.07) is 6.82. The number of ether oxygens (including phenoxy) is 1. The predicted molar refractivity (Wildman–Crippen MR) is 117 cm³/mol. The van der Waals surface area contributed by atoms with Crippen LogP contribution in [0.15, 0.2) is 24.4 Å². The Hall–Kier alpha value is -2.34. The van der Waals surface area contributed by atoms with Crippen LogP contribution < -0.4 is 15.8 Å². The monoisotopic (exact) mass is 398 g/mol. The zero-order valence-electron chi connectivity index (χ0n) is 17.5. The van der Waals surface area contributed by atoms with Crippen LogP contribution in [-0.2, 0) is 19.3 Å². The number of aromatic nitrogens is 2. The molecule has 1 aromatic heterocycles. The number of aliphatic hydroxyl groups excluding tert-OH is 1. The fourth-order valence-electron chi connectivity index (χ4n) is 3.83. The Balaban J connectivity index is 1.54. The summed E-state index contributed by atoms with van der Waals surface area (Å²) in [7, 11) is 0. The molecule has 1 atom stereocenters. The van der Waals surface area contributed by atoms with E-state index in [0.29, 0.717) is 6.42 Å². The lowest BCUT2D eigenvalue weighted by Crippen LogP contribution is -2.23. The predicted octanol–water partition coefficient (Wildman–Crippen LogP) is 3.91. The van der Waals surface area contributed by atoms with Crippen molar-refractivity contribution in [3.05, 3.63) is 41.1 Å². The van der Waals surface area contributed by atoms with Crippen LogP contribution in [0, 0.1) is 0 Å². The Labute approximate surface area is 173 Å². The molecule has 1 aromatic carbocycles. The summed E-state index contributed by atoms with van der Waals surface area (Å²) in [5.74, 6) is 2.16. The Bertz CT molecular complexity index is 781. The molecule has 3 rings (SSSR count). The van der Waals surface area contributed by atoms with E-state index >= 15 is 0 Å². The number of hydrogen-bond acceptors (Lipinski definition) is 6. The lowest BCUT2D eigenvalue weighted by Gasteiger charge is -2.20. The van der Waals surface area contributed by atoms with Gasteiger partial charge in [0.25, 0.3) is 0 Å². The maximum atomic E-state index is 9.37. The normalized spacial score (nSPS) is 13.7. The van der Waals surface area contributed by atoms with Crippen molar-refractivity contribution in [1.29, 1.82) is 0 Å². The minimum Gasteiger partial charge on any atom is -0.493 e. The molecule has 0 amide bonds. The quantitative estimate of drug-likeness (QED) is 0.469. The highest BCUT2D eigenvalue weighted by atomic mass is 16.5. The van der Waals surface area contributed by atoms with Gasteiger partial charge in [-0.2, -0.15) is 4.98 Å². The second-order valence-electron chi connectivity index (χ2n) is 7.85. The maximum absolute atomic E-state index is 9.37. The summed E-state index contributed by atoms with van der Waals surface area (Å²) in [4.78, 5) is 8.63. The highest BCUT2D eigenvalue weighted by molar-refractivity contribution is 5.47. The zero-order chi connectivity index (χ0) is 20.5. The number of nitrogen functional groups attached to an aromatic ring is 1. The number of anilines is 2. The number of nitrogens with one attached hydrogen (secondary N) is 1. The zero-order valence-corrected chi connectivity index (χ0v) is 17.5. The number of rotatable bonds is 12. The van der Waals surface area contributed by atoms with Crippen LogP contribution in [0.5, 0.6) is 5.75 Å². The van der Waals surface area contributed by atoms with Gasteiger partial charge in [0.15, 0.2) is 0 Å². The van der Waals surface area contributed by atoms with Crippen molar-refractivity contribution < 1.29 is 9.84 Å². The minimum atomic E-state index is 0.168. The molecule has 0 bridgehead atoms. The third kappa shape index (κ3) is 6.32.